The number of ether oxygens (including phenoxy) is 1. The molecular weight excluding hydrogens is 197 g/mol. The van der Waals surface area contributed by atoms with E-state index in [1.54, 1.807) is 0 Å². The summed E-state index contributed by atoms with van der Waals surface area (Å²) in [4.78, 5) is 9.75. The zero-order valence-corrected chi connectivity index (χ0v) is 8.48. The van der Waals surface area contributed by atoms with E-state index in [9.17, 15) is 4.39 Å². The summed E-state index contributed by atoms with van der Waals surface area (Å²) in [6.45, 7) is 1.84. The second-order valence-corrected chi connectivity index (χ2v) is 4.19. The van der Waals surface area contributed by atoms with Crippen LogP contribution in [0.3, 0.4) is 0 Å². The predicted octanol–water partition coefficient (Wildman–Crippen LogP) is 1.08. The number of fused-ring (bicyclic) bond motifs is 1. The minimum atomic E-state index is -0.364. The number of halogens is 1. The van der Waals surface area contributed by atoms with Gasteiger partial charge in [0, 0.05) is 13.1 Å². The lowest BCUT2D eigenvalue weighted by atomic mass is 10.4. The second-order valence-electron chi connectivity index (χ2n) is 4.19. The smallest absolute Gasteiger partial charge is 0.318 e. The molecular formula is C10H12FN3O. The summed E-state index contributed by atoms with van der Waals surface area (Å²) in [5.41, 5.74) is 0. The molecule has 1 saturated heterocycles. The first-order valence-corrected chi connectivity index (χ1v) is 5.09. The molecule has 2 unspecified atom stereocenters. The fourth-order valence-corrected chi connectivity index (χ4v) is 2.23. The summed E-state index contributed by atoms with van der Waals surface area (Å²) < 4.78 is 18.4. The van der Waals surface area contributed by atoms with Crippen LogP contribution in [0.1, 0.15) is 6.42 Å². The van der Waals surface area contributed by atoms with Crippen LogP contribution in [0.25, 0.3) is 0 Å². The fourth-order valence-electron chi connectivity index (χ4n) is 2.23. The van der Waals surface area contributed by atoms with Crippen LogP contribution in [-0.4, -0.2) is 30.2 Å². The van der Waals surface area contributed by atoms with Gasteiger partial charge in [-0.2, -0.15) is 4.98 Å². The Balaban J connectivity index is 1.89. The summed E-state index contributed by atoms with van der Waals surface area (Å²) in [7, 11) is 1.48. The first kappa shape index (κ1) is 8.88. The molecule has 1 aromatic heterocycles. The third kappa shape index (κ3) is 1.42. The Morgan fingerprint density at radius 1 is 1.47 bits per heavy atom. The topological polar surface area (TPSA) is 38.2 Å². The summed E-state index contributed by atoms with van der Waals surface area (Å²) in [6.07, 6.45) is 2.46. The van der Waals surface area contributed by atoms with E-state index in [0.717, 1.165) is 24.9 Å². The Labute approximate surface area is 87.1 Å². The maximum absolute atomic E-state index is 13.5. The Hall–Kier alpha value is -1.39. The summed E-state index contributed by atoms with van der Waals surface area (Å²) in [5.74, 6) is 1.53. The van der Waals surface area contributed by atoms with Crippen molar-refractivity contribution in [3.05, 3.63) is 12.0 Å². The van der Waals surface area contributed by atoms with Gasteiger partial charge >= 0.3 is 6.01 Å². The van der Waals surface area contributed by atoms with Crippen LogP contribution >= 0.6 is 0 Å². The van der Waals surface area contributed by atoms with Crippen molar-refractivity contribution in [2.45, 2.75) is 6.42 Å². The maximum Gasteiger partial charge on any atom is 0.318 e. The van der Waals surface area contributed by atoms with E-state index in [0.29, 0.717) is 5.82 Å². The third-order valence-corrected chi connectivity index (χ3v) is 3.16. The van der Waals surface area contributed by atoms with Gasteiger partial charge in [-0.25, -0.2) is 9.37 Å². The Kier molecular flexibility index (Phi) is 1.81. The molecule has 4 nitrogen and oxygen atoms in total. The lowest BCUT2D eigenvalue weighted by Crippen LogP contribution is -2.24. The van der Waals surface area contributed by atoms with Crippen LogP contribution in [0.4, 0.5) is 10.2 Å². The predicted molar refractivity (Wildman–Crippen MR) is 52.4 cm³/mol. The van der Waals surface area contributed by atoms with Crippen molar-refractivity contribution < 1.29 is 9.13 Å². The first-order chi connectivity index (χ1) is 7.28. The molecule has 0 bridgehead atoms. The number of anilines is 1. The van der Waals surface area contributed by atoms with Crippen LogP contribution in [0, 0.1) is 17.7 Å². The van der Waals surface area contributed by atoms with E-state index in [2.05, 4.69) is 9.97 Å². The molecule has 3 rings (SSSR count). The molecule has 2 heterocycles. The lowest BCUT2D eigenvalue weighted by molar-refractivity contribution is 0.376. The highest BCUT2D eigenvalue weighted by Gasteiger charge is 2.46. The normalized spacial score (nSPS) is 27.7. The molecule has 0 N–H and O–H groups in total. The average Bonchev–Trinajstić information content (AvgIpc) is 2.87. The van der Waals surface area contributed by atoms with Gasteiger partial charge in [0.2, 0.25) is 0 Å². The molecule has 0 radical (unpaired) electrons. The first-order valence-electron chi connectivity index (χ1n) is 5.09. The summed E-state index contributed by atoms with van der Waals surface area (Å²) >= 11 is 0. The molecule has 0 spiro atoms. The van der Waals surface area contributed by atoms with Crippen molar-refractivity contribution in [3.63, 3.8) is 0 Å². The van der Waals surface area contributed by atoms with Gasteiger partial charge in [0.25, 0.3) is 0 Å². The van der Waals surface area contributed by atoms with Crippen molar-refractivity contribution in [1.29, 1.82) is 0 Å². The van der Waals surface area contributed by atoms with Crippen LogP contribution in [-0.2, 0) is 0 Å². The Bertz CT molecular complexity index is 388. The minimum Gasteiger partial charge on any atom is -0.467 e. The van der Waals surface area contributed by atoms with E-state index < -0.39 is 0 Å². The molecule has 15 heavy (non-hydrogen) atoms. The van der Waals surface area contributed by atoms with Gasteiger partial charge in [0.15, 0.2) is 11.6 Å². The SMILES string of the molecule is COc1ncc(F)c(N2CC3CC3C2)n1. The molecule has 0 amide bonds. The van der Waals surface area contributed by atoms with Gasteiger partial charge in [-0.15, -0.1) is 0 Å². The van der Waals surface area contributed by atoms with Gasteiger partial charge in [0.1, 0.15) is 0 Å². The van der Waals surface area contributed by atoms with E-state index in [4.69, 9.17) is 4.74 Å². The van der Waals surface area contributed by atoms with Gasteiger partial charge in [0.05, 0.1) is 13.3 Å². The van der Waals surface area contributed by atoms with Crippen LogP contribution in [0.5, 0.6) is 6.01 Å². The maximum atomic E-state index is 13.5. The zero-order valence-electron chi connectivity index (χ0n) is 8.48. The number of piperidine rings is 1. The number of hydrogen-bond acceptors (Lipinski definition) is 4. The molecule has 2 aliphatic rings. The zero-order chi connectivity index (χ0) is 10.4. The van der Waals surface area contributed by atoms with E-state index >= 15 is 0 Å². The van der Waals surface area contributed by atoms with Crippen LogP contribution in [0.15, 0.2) is 6.20 Å². The molecule has 5 heteroatoms. The van der Waals surface area contributed by atoms with Gasteiger partial charge < -0.3 is 9.64 Å². The molecule has 1 aromatic rings. The fraction of sp³-hybridized carbons (Fsp3) is 0.600. The Morgan fingerprint density at radius 2 is 2.20 bits per heavy atom. The molecule has 0 aromatic carbocycles. The average molecular weight is 209 g/mol. The molecule has 1 saturated carbocycles. The van der Waals surface area contributed by atoms with Crippen molar-refractivity contribution in [1.82, 2.24) is 9.97 Å². The highest BCUT2D eigenvalue weighted by molar-refractivity contribution is 5.43. The number of methoxy groups -OCH3 is 1. The van der Waals surface area contributed by atoms with E-state index in [1.807, 2.05) is 4.90 Å². The number of hydrogen-bond donors (Lipinski definition) is 0. The highest BCUT2D eigenvalue weighted by atomic mass is 19.1. The van der Waals surface area contributed by atoms with Crippen molar-refractivity contribution >= 4 is 5.82 Å². The molecule has 1 aliphatic heterocycles. The summed E-state index contributed by atoms with van der Waals surface area (Å²) in [5, 5.41) is 0. The standard InChI is InChI=1S/C10H12FN3O/c1-15-10-12-3-8(11)9(13-10)14-4-6-2-7(6)5-14/h3,6-7H,2,4-5H2,1H3. The van der Waals surface area contributed by atoms with Crippen LogP contribution in [0.2, 0.25) is 0 Å². The third-order valence-electron chi connectivity index (χ3n) is 3.16. The van der Waals surface area contributed by atoms with Gasteiger partial charge in [-0.3, -0.25) is 0 Å². The van der Waals surface area contributed by atoms with Gasteiger partial charge in [-0.05, 0) is 18.3 Å². The van der Waals surface area contributed by atoms with E-state index in [1.165, 1.54) is 19.7 Å². The molecule has 80 valence electrons. The monoisotopic (exact) mass is 209 g/mol. The largest absolute Gasteiger partial charge is 0.467 e. The van der Waals surface area contributed by atoms with E-state index in [-0.39, 0.29) is 11.8 Å². The quantitative estimate of drug-likeness (QED) is 0.730. The number of nitrogens with zero attached hydrogens (tertiary/aromatic N) is 3. The summed E-state index contributed by atoms with van der Waals surface area (Å²) in [6, 6.07) is 0.229. The molecule has 1 aliphatic carbocycles. The number of aromatic nitrogens is 2. The Morgan fingerprint density at radius 3 is 2.87 bits per heavy atom. The lowest BCUT2D eigenvalue weighted by Gasteiger charge is -2.19. The van der Waals surface area contributed by atoms with Crippen molar-refractivity contribution in [2.75, 3.05) is 25.1 Å². The second kappa shape index (κ2) is 3.05. The van der Waals surface area contributed by atoms with Gasteiger partial charge in [-0.1, -0.05) is 0 Å². The minimum absolute atomic E-state index is 0.229. The van der Waals surface area contributed by atoms with Crippen molar-refractivity contribution in [2.24, 2.45) is 11.8 Å². The van der Waals surface area contributed by atoms with Crippen LogP contribution < -0.4 is 9.64 Å². The van der Waals surface area contributed by atoms with Crippen molar-refractivity contribution in [3.8, 4) is 6.01 Å². The molecule has 2 atom stereocenters. The molecule has 2 fully saturated rings. The highest BCUT2D eigenvalue weighted by Crippen LogP contribution is 2.46. The number of rotatable bonds is 2.